The lowest BCUT2D eigenvalue weighted by Gasteiger charge is -2.11. The van der Waals surface area contributed by atoms with Crippen molar-refractivity contribution in [3.63, 3.8) is 0 Å². The summed E-state index contributed by atoms with van der Waals surface area (Å²) in [6.45, 7) is 1.64. The molecular weight excluding hydrogens is 190 g/mol. The molecule has 2 aliphatic rings. The molecule has 4 heteroatoms. The minimum Gasteiger partial charge on any atom is -0.354 e. The van der Waals surface area contributed by atoms with Crippen molar-refractivity contribution >= 4 is 11.6 Å². The summed E-state index contributed by atoms with van der Waals surface area (Å²) in [5.74, 6) is 1.57. The molecule has 15 heavy (non-hydrogen) atoms. The van der Waals surface area contributed by atoms with Crippen LogP contribution in [-0.2, 0) is 4.79 Å². The van der Waals surface area contributed by atoms with E-state index in [2.05, 4.69) is 21.7 Å². The first-order chi connectivity index (χ1) is 7.25. The first kappa shape index (κ1) is 8.85. The van der Waals surface area contributed by atoms with Crippen LogP contribution in [0.25, 0.3) is 0 Å². The molecule has 0 spiro atoms. The second-order valence-electron chi connectivity index (χ2n) is 4.24. The number of fused-ring (bicyclic) bond motifs is 3. The molecule has 0 aromatic carbocycles. The van der Waals surface area contributed by atoms with Crippen molar-refractivity contribution in [1.82, 2.24) is 10.3 Å². The third-order valence-electron chi connectivity index (χ3n) is 3.29. The molecule has 3 rings (SSSR count). The number of ketones is 1. The van der Waals surface area contributed by atoms with Gasteiger partial charge in [-0.1, -0.05) is 6.07 Å². The van der Waals surface area contributed by atoms with Crippen LogP contribution in [0.1, 0.15) is 24.8 Å². The number of rotatable bonds is 1. The van der Waals surface area contributed by atoms with Crippen LogP contribution in [0.4, 0.5) is 5.82 Å². The number of carbonyl (C=O) groups is 1. The smallest absolute Gasteiger partial charge is 0.146 e. The van der Waals surface area contributed by atoms with Gasteiger partial charge in [-0.25, -0.2) is 4.98 Å². The molecule has 0 aliphatic carbocycles. The lowest BCUT2D eigenvalue weighted by Crippen LogP contribution is -2.37. The van der Waals surface area contributed by atoms with E-state index in [9.17, 15) is 4.79 Å². The lowest BCUT2D eigenvalue weighted by atomic mass is 9.97. The lowest BCUT2D eigenvalue weighted by molar-refractivity contribution is -0.118. The van der Waals surface area contributed by atoms with Crippen LogP contribution in [0.5, 0.6) is 0 Å². The molecule has 2 N–H and O–H groups in total. The Labute approximate surface area is 88.1 Å². The monoisotopic (exact) mass is 203 g/mol. The molecular formula is C11H13N3O. The molecule has 0 bridgehead atoms. The Balaban J connectivity index is 1.91. The minimum absolute atomic E-state index is 0.000793. The van der Waals surface area contributed by atoms with E-state index in [1.807, 2.05) is 6.07 Å². The fourth-order valence-corrected chi connectivity index (χ4v) is 2.51. The van der Waals surface area contributed by atoms with E-state index in [4.69, 9.17) is 0 Å². The molecule has 0 amide bonds. The first-order valence-corrected chi connectivity index (χ1v) is 5.23. The maximum atomic E-state index is 11.3. The fraction of sp³-hybridized carbons (Fsp3) is 0.455. The zero-order valence-corrected chi connectivity index (χ0v) is 8.53. The van der Waals surface area contributed by atoms with Crippen molar-refractivity contribution in [3.8, 4) is 0 Å². The Kier molecular flexibility index (Phi) is 1.79. The van der Waals surface area contributed by atoms with Gasteiger partial charge < -0.3 is 5.32 Å². The van der Waals surface area contributed by atoms with Crippen molar-refractivity contribution in [2.75, 3.05) is 5.32 Å². The third-order valence-corrected chi connectivity index (χ3v) is 3.29. The molecule has 0 saturated carbocycles. The van der Waals surface area contributed by atoms with Gasteiger partial charge in [-0.05, 0) is 19.4 Å². The van der Waals surface area contributed by atoms with Crippen molar-refractivity contribution in [2.24, 2.45) is 0 Å². The Morgan fingerprint density at radius 1 is 1.60 bits per heavy atom. The van der Waals surface area contributed by atoms with Gasteiger partial charge in [-0.15, -0.1) is 0 Å². The normalized spacial score (nSPS) is 31.9. The Bertz CT molecular complexity index is 418. The highest BCUT2D eigenvalue weighted by molar-refractivity contribution is 5.82. The third kappa shape index (κ3) is 1.25. The Hall–Kier alpha value is -1.42. The summed E-state index contributed by atoms with van der Waals surface area (Å²) >= 11 is 0. The van der Waals surface area contributed by atoms with Crippen LogP contribution in [0.2, 0.25) is 0 Å². The molecule has 3 atom stereocenters. The average molecular weight is 203 g/mol. The molecule has 1 fully saturated rings. The first-order valence-electron chi connectivity index (χ1n) is 5.23. The summed E-state index contributed by atoms with van der Waals surface area (Å²) in [5, 5.41) is 6.61. The Morgan fingerprint density at radius 2 is 2.47 bits per heavy atom. The van der Waals surface area contributed by atoms with Crippen LogP contribution in [0.15, 0.2) is 18.3 Å². The van der Waals surface area contributed by atoms with Gasteiger partial charge in [0.15, 0.2) is 0 Å². The summed E-state index contributed by atoms with van der Waals surface area (Å²) in [5.41, 5.74) is 1.23. The Morgan fingerprint density at radius 3 is 3.27 bits per heavy atom. The van der Waals surface area contributed by atoms with Gasteiger partial charge in [0, 0.05) is 17.7 Å². The summed E-state index contributed by atoms with van der Waals surface area (Å²) in [6, 6.07) is 4.04. The number of carbonyl (C=O) groups excluding carboxylic acids is 1. The van der Waals surface area contributed by atoms with E-state index in [1.165, 1.54) is 5.56 Å². The minimum atomic E-state index is 0.000793. The number of pyridine rings is 1. The highest BCUT2D eigenvalue weighted by Gasteiger charge is 2.42. The molecule has 2 aliphatic heterocycles. The van der Waals surface area contributed by atoms with Crippen molar-refractivity contribution in [2.45, 2.75) is 31.5 Å². The van der Waals surface area contributed by atoms with Crippen LogP contribution < -0.4 is 10.6 Å². The van der Waals surface area contributed by atoms with Gasteiger partial charge in [-0.2, -0.15) is 0 Å². The van der Waals surface area contributed by atoms with Gasteiger partial charge in [0.1, 0.15) is 11.6 Å². The second kappa shape index (κ2) is 3.03. The van der Waals surface area contributed by atoms with E-state index in [1.54, 1.807) is 13.1 Å². The molecule has 3 heterocycles. The number of Topliss-reactive ketones (excluding diaryl/α,β-unsaturated/α-hetero) is 1. The van der Waals surface area contributed by atoms with Gasteiger partial charge in [0.2, 0.25) is 0 Å². The largest absolute Gasteiger partial charge is 0.354 e. The zero-order valence-electron chi connectivity index (χ0n) is 8.53. The van der Waals surface area contributed by atoms with Gasteiger partial charge in [0.25, 0.3) is 0 Å². The second-order valence-corrected chi connectivity index (χ2v) is 4.24. The summed E-state index contributed by atoms with van der Waals surface area (Å²) in [7, 11) is 0. The van der Waals surface area contributed by atoms with Gasteiger partial charge >= 0.3 is 0 Å². The molecule has 78 valence electrons. The van der Waals surface area contributed by atoms with Gasteiger partial charge in [-0.3, -0.25) is 10.1 Å². The molecule has 0 radical (unpaired) electrons. The maximum Gasteiger partial charge on any atom is 0.146 e. The van der Waals surface area contributed by atoms with Crippen LogP contribution >= 0.6 is 0 Å². The number of anilines is 1. The van der Waals surface area contributed by atoms with Crippen LogP contribution in [-0.4, -0.2) is 23.0 Å². The van der Waals surface area contributed by atoms with Gasteiger partial charge in [0.05, 0.1) is 12.2 Å². The van der Waals surface area contributed by atoms with E-state index < -0.39 is 0 Å². The standard InChI is InChI=1S/C11H13N3O/c1-6(15)9-5-8-7-3-2-4-12-10(7)14-11(8)13-9/h2-4,8-9,11,13H,5H2,1H3,(H,12,14). The highest BCUT2D eigenvalue weighted by atomic mass is 16.1. The van der Waals surface area contributed by atoms with Crippen LogP contribution in [0, 0.1) is 0 Å². The molecule has 1 saturated heterocycles. The number of nitrogens with one attached hydrogen (secondary N) is 2. The molecule has 4 nitrogen and oxygen atoms in total. The van der Waals surface area contributed by atoms with E-state index in [0.29, 0.717) is 5.92 Å². The van der Waals surface area contributed by atoms with Crippen molar-refractivity contribution < 1.29 is 4.79 Å². The molecule has 1 aromatic rings. The van der Waals surface area contributed by atoms with E-state index in [0.717, 1.165) is 12.2 Å². The predicted molar refractivity (Wildman–Crippen MR) is 56.6 cm³/mol. The van der Waals surface area contributed by atoms with Crippen LogP contribution in [0.3, 0.4) is 0 Å². The van der Waals surface area contributed by atoms with Crippen molar-refractivity contribution in [3.05, 3.63) is 23.9 Å². The fourth-order valence-electron chi connectivity index (χ4n) is 2.51. The predicted octanol–water partition coefficient (Wildman–Crippen LogP) is 0.868. The number of hydrogen-bond donors (Lipinski definition) is 2. The number of nitrogens with zero attached hydrogens (tertiary/aromatic N) is 1. The highest BCUT2D eigenvalue weighted by Crippen LogP contribution is 2.40. The molecule has 3 unspecified atom stereocenters. The molecule has 1 aromatic heterocycles. The van der Waals surface area contributed by atoms with Crippen molar-refractivity contribution in [1.29, 1.82) is 0 Å². The summed E-state index contributed by atoms with van der Waals surface area (Å²) in [6.07, 6.45) is 2.85. The summed E-state index contributed by atoms with van der Waals surface area (Å²) in [4.78, 5) is 15.6. The van der Waals surface area contributed by atoms with E-state index in [-0.39, 0.29) is 18.0 Å². The zero-order chi connectivity index (χ0) is 10.4. The summed E-state index contributed by atoms with van der Waals surface area (Å²) < 4.78 is 0. The average Bonchev–Trinajstić information content (AvgIpc) is 2.73. The number of aromatic nitrogens is 1. The maximum absolute atomic E-state index is 11.3. The topological polar surface area (TPSA) is 54.0 Å². The number of hydrogen-bond acceptors (Lipinski definition) is 4. The van der Waals surface area contributed by atoms with E-state index >= 15 is 0 Å². The quantitative estimate of drug-likeness (QED) is 0.711. The SMILES string of the molecule is CC(=O)C1CC2c3cccnc3NC2N1.